The summed E-state index contributed by atoms with van der Waals surface area (Å²) in [4.78, 5) is 21.8. The zero-order chi connectivity index (χ0) is 31.6. The van der Waals surface area contributed by atoms with E-state index in [4.69, 9.17) is 42.9 Å². The van der Waals surface area contributed by atoms with Crippen LogP contribution in [0, 0.1) is 0 Å². The molecule has 0 aromatic heterocycles. The van der Waals surface area contributed by atoms with Gasteiger partial charge in [0.25, 0.3) is 0 Å². The van der Waals surface area contributed by atoms with Gasteiger partial charge in [0.15, 0.2) is 0 Å². The summed E-state index contributed by atoms with van der Waals surface area (Å²) >= 11 is 12.6. The van der Waals surface area contributed by atoms with E-state index in [0.29, 0.717) is 45.7 Å². The lowest BCUT2D eigenvalue weighted by Gasteiger charge is -2.13. The van der Waals surface area contributed by atoms with Gasteiger partial charge in [0, 0.05) is 6.42 Å². The minimum Gasteiger partial charge on any atom is -0.488 e. The molecule has 0 fully saturated rings. The monoisotopic (exact) mass is 630 g/mol. The molecule has 0 bridgehead atoms. The molecular formula is C36H32Cl2O6. The molecule has 8 heteroatoms. The molecule has 0 aliphatic carbocycles. The first-order valence-electron chi connectivity index (χ1n) is 13.9. The largest absolute Gasteiger partial charge is 0.488 e. The second-order valence-electron chi connectivity index (χ2n) is 10.2. The van der Waals surface area contributed by atoms with E-state index < -0.39 is 11.9 Å². The molecule has 2 N–H and O–H groups in total. The lowest BCUT2D eigenvalue weighted by Crippen LogP contribution is -2.02. The van der Waals surface area contributed by atoms with Gasteiger partial charge in [-0.1, -0.05) is 83.9 Å². The van der Waals surface area contributed by atoms with Crippen molar-refractivity contribution in [1.82, 2.24) is 0 Å². The molecule has 0 saturated carbocycles. The fraction of sp³-hybridized carbons (Fsp3) is 0.167. The van der Waals surface area contributed by atoms with Crippen molar-refractivity contribution in [2.75, 3.05) is 6.61 Å². The number of carboxylic acids is 2. The van der Waals surface area contributed by atoms with Gasteiger partial charge >= 0.3 is 11.9 Å². The first-order chi connectivity index (χ1) is 21.1. The van der Waals surface area contributed by atoms with Crippen molar-refractivity contribution >= 4 is 40.7 Å². The van der Waals surface area contributed by atoms with Gasteiger partial charge < -0.3 is 19.7 Å². The number of halogens is 2. The van der Waals surface area contributed by atoms with Gasteiger partial charge in [0.2, 0.25) is 0 Å². The first-order valence-corrected chi connectivity index (χ1v) is 14.7. The molecule has 6 nitrogen and oxygen atoms in total. The average Bonchev–Trinajstić information content (AvgIpc) is 2.99. The number of benzene rings is 4. The average molecular weight is 632 g/mol. The summed E-state index contributed by atoms with van der Waals surface area (Å²) in [5.74, 6) is -0.0982. The summed E-state index contributed by atoms with van der Waals surface area (Å²) in [6, 6.07) is 26.6. The molecule has 0 radical (unpaired) electrons. The summed E-state index contributed by atoms with van der Waals surface area (Å²) in [7, 11) is 0. The van der Waals surface area contributed by atoms with Crippen LogP contribution in [-0.4, -0.2) is 28.8 Å². The van der Waals surface area contributed by atoms with E-state index >= 15 is 0 Å². The Hall–Kier alpha value is -4.52. The summed E-state index contributed by atoms with van der Waals surface area (Å²) in [6.07, 6.45) is 4.26. The third kappa shape index (κ3) is 9.24. The highest BCUT2D eigenvalue weighted by Crippen LogP contribution is 2.29. The van der Waals surface area contributed by atoms with Crippen LogP contribution in [-0.2, 0) is 28.9 Å². The third-order valence-electron chi connectivity index (χ3n) is 6.90. The first kappa shape index (κ1) is 32.4. The van der Waals surface area contributed by atoms with Crippen molar-refractivity contribution in [3.8, 4) is 22.6 Å². The van der Waals surface area contributed by atoms with Gasteiger partial charge in [-0.2, -0.15) is 0 Å². The minimum absolute atomic E-state index is 0.0871. The van der Waals surface area contributed by atoms with E-state index in [2.05, 4.69) is 48.5 Å². The fourth-order valence-corrected chi connectivity index (χ4v) is 5.01. The molecule has 44 heavy (non-hydrogen) atoms. The lowest BCUT2D eigenvalue weighted by atomic mass is 9.99. The Kier molecular flexibility index (Phi) is 11.2. The predicted molar refractivity (Wildman–Crippen MR) is 175 cm³/mol. The SMILES string of the molecule is CC=C(Cc1ccc(-c2ccc(C(C)=CCOc3ccc(CC(=O)O)cc3Cl)cc2)cc1)Oc1ccc(CC(=O)O)cc1Cl. The van der Waals surface area contributed by atoms with E-state index in [1.165, 1.54) is 0 Å². The van der Waals surface area contributed by atoms with Crippen LogP contribution >= 0.6 is 23.2 Å². The molecule has 0 aliphatic rings. The minimum atomic E-state index is -0.913. The summed E-state index contributed by atoms with van der Waals surface area (Å²) in [5.41, 5.74) is 6.62. The second-order valence-corrected chi connectivity index (χ2v) is 11.0. The van der Waals surface area contributed by atoms with Crippen molar-refractivity contribution in [3.63, 3.8) is 0 Å². The molecule has 0 amide bonds. The molecule has 0 heterocycles. The van der Waals surface area contributed by atoms with Crippen LogP contribution in [0.25, 0.3) is 16.7 Å². The van der Waals surface area contributed by atoms with Crippen LogP contribution in [0.3, 0.4) is 0 Å². The molecule has 0 aliphatic heterocycles. The maximum Gasteiger partial charge on any atom is 0.307 e. The Bertz CT molecular complexity index is 1690. The number of ether oxygens (including phenoxy) is 2. The zero-order valence-corrected chi connectivity index (χ0v) is 25.9. The highest BCUT2D eigenvalue weighted by molar-refractivity contribution is 6.32. The Morgan fingerprint density at radius 1 is 0.705 bits per heavy atom. The summed E-state index contributed by atoms with van der Waals surface area (Å²) in [5, 5.41) is 18.7. The van der Waals surface area contributed by atoms with Gasteiger partial charge in [0.05, 0.1) is 22.9 Å². The molecule has 0 saturated heterocycles. The molecule has 0 unspecified atom stereocenters. The normalized spacial score (nSPS) is 11.7. The Morgan fingerprint density at radius 3 is 1.70 bits per heavy atom. The van der Waals surface area contributed by atoms with Crippen LogP contribution < -0.4 is 9.47 Å². The van der Waals surface area contributed by atoms with E-state index in [1.807, 2.05) is 26.0 Å². The number of carbonyl (C=O) groups is 2. The van der Waals surface area contributed by atoms with E-state index in [1.54, 1.807) is 36.4 Å². The smallest absolute Gasteiger partial charge is 0.307 e. The van der Waals surface area contributed by atoms with Crippen molar-refractivity contribution in [2.45, 2.75) is 33.1 Å². The predicted octanol–water partition coefficient (Wildman–Crippen LogP) is 8.92. The third-order valence-corrected chi connectivity index (χ3v) is 7.49. The topological polar surface area (TPSA) is 93.1 Å². The fourth-order valence-electron chi connectivity index (χ4n) is 4.51. The molecule has 0 spiro atoms. The molecule has 4 rings (SSSR count). The number of rotatable bonds is 13. The number of allylic oxidation sites excluding steroid dienone is 3. The standard InChI is InChI=1S/C36H32Cl2O6/c1-3-30(44-34-15-7-26(20-32(34)38)22-36(41)42)18-24-4-8-28(9-5-24)29-12-10-27(11-13-29)23(2)16-17-43-33-14-6-25(19-31(33)37)21-35(39)40/h3-16,19-20H,17-18,21-22H2,1-2H3,(H,39,40)(H,41,42). The van der Waals surface area contributed by atoms with Gasteiger partial charge in [-0.05, 0) is 89.2 Å². The maximum absolute atomic E-state index is 11.0. The Balaban J connectivity index is 1.33. The van der Waals surface area contributed by atoms with Crippen LogP contribution in [0.4, 0.5) is 0 Å². The molecule has 0 atom stereocenters. The van der Waals surface area contributed by atoms with E-state index in [0.717, 1.165) is 33.6 Å². The van der Waals surface area contributed by atoms with Crippen molar-refractivity contribution in [2.24, 2.45) is 0 Å². The molecular weight excluding hydrogens is 599 g/mol. The van der Waals surface area contributed by atoms with E-state index in [9.17, 15) is 9.59 Å². The van der Waals surface area contributed by atoms with Crippen molar-refractivity contribution in [3.05, 3.63) is 135 Å². The van der Waals surface area contributed by atoms with Crippen LogP contribution in [0.5, 0.6) is 11.5 Å². The number of aliphatic carboxylic acids is 2. The highest BCUT2D eigenvalue weighted by atomic mass is 35.5. The number of hydrogen-bond donors (Lipinski definition) is 2. The van der Waals surface area contributed by atoms with E-state index in [-0.39, 0.29) is 12.8 Å². The maximum atomic E-state index is 11.0. The number of carboxylic acid groups (broad SMARTS) is 2. The Labute approximate surface area is 266 Å². The van der Waals surface area contributed by atoms with Crippen molar-refractivity contribution < 1.29 is 29.3 Å². The van der Waals surface area contributed by atoms with Crippen molar-refractivity contribution in [1.29, 1.82) is 0 Å². The zero-order valence-electron chi connectivity index (χ0n) is 24.3. The van der Waals surface area contributed by atoms with Gasteiger partial charge in [0.1, 0.15) is 23.9 Å². The highest BCUT2D eigenvalue weighted by Gasteiger charge is 2.10. The lowest BCUT2D eigenvalue weighted by molar-refractivity contribution is -0.137. The van der Waals surface area contributed by atoms with Gasteiger partial charge in [-0.25, -0.2) is 0 Å². The molecule has 4 aromatic rings. The second kappa shape index (κ2) is 15.3. The summed E-state index contributed by atoms with van der Waals surface area (Å²) in [6.45, 7) is 4.24. The number of hydrogen-bond acceptors (Lipinski definition) is 4. The van der Waals surface area contributed by atoms with Gasteiger partial charge in [-0.3, -0.25) is 9.59 Å². The van der Waals surface area contributed by atoms with Crippen LogP contribution in [0.2, 0.25) is 10.0 Å². The Morgan fingerprint density at radius 2 is 1.20 bits per heavy atom. The van der Waals surface area contributed by atoms with Gasteiger partial charge in [-0.15, -0.1) is 0 Å². The molecule has 226 valence electrons. The quantitative estimate of drug-likeness (QED) is 0.143. The molecule has 4 aromatic carbocycles. The summed E-state index contributed by atoms with van der Waals surface area (Å²) < 4.78 is 11.8. The van der Waals surface area contributed by atoms with Crippen LogP contribution in [0.1, 0.15) is 36.1 Å². The van der Waals surface area contributed by atoms with Crippen LogP contribution in [0.15, 0.2) is 103 Å².